The van der Waals surface area contributed by atoms with Crippen molar-refractivity contribution < 1.29 is 9.59 Å². The quantitative estimate of drug-likeness (QED) is 0.749. The van der Waals surface area contributed by atoms with Gasteiger partial charge in [-0.3, -0.25) is 9.59 Å². The molecule has 6 heteroatoms. The number of hydrogen-bond acceptors (Lipinski definition) is 2. The Balaban J connectivity index is 2.14. The summed E-state index contributed by atoms with van der Waals surface area (Å²) >= 11 is 6.67. The lowest BCUT2D eigenvalue weighted by atomic mass is 10.0. The zero-order valence-electron chi connectivity index (χ0n) is 12.5. The normalized spacial score (nSPS) is 11.8. The molecular weight excluding hydrogens is 424 g/mol. The largest absolute Gasteiger partial charge is 0.368 e. The Morgan fingerprint density at radius 3 is 2.17 bits per heavy atom. The van der Waals surface area contributed by atoms with Crippen LogP contribution in [0.5, 0.6) is 0 Å². The molecule has 2 aromatic carbocycles. The molecule has 0 fully saturated rings. The third kappa shape index (κ3) is 5.18. The van der Waals surface area contributed by atoms with Crippen LogP contribution in [0.15, 0.2) is 51.4 Å². The van der Waals surface area contributed by atoms with E-state index in [9.17, 15) is 9.59 Å². The van der Waals surface area contributed by atoms with Gasteiger partial charge in [0, 0.05) is 20.9 Å². The maximum absolute atomic E-state index is 12.3. The van der Waals surface area contributed by atoms with Crippen LogP contribution in [-0.2, 0) is 11.2 Å². The van der Waals surface area contributed by atoms with E-state index in [1.807, 2.05) is 37.3 Å². The molecule has 0 radical (unpaired) electrons. The van der Waals surface area contributed by atoms with Crippen LogP contribution in [0.25, 0.3) is 0 Å². The highest BCUT2D eigenvalue weighted by atomic mass is 79.9. The van der Waals surface area contributed by atoms with E-state index in [0.717, 1.165) is 20.1 Å². The van der Waals surface area contributed by atoms with E-state index < -0.39 is 11.9 Å². The summed E-state index contributed by atoms with van der Waals surface area (Å²) in [7, 11) is 0. The molecule has 0 aliphatic rings. The van der Waals surface area contributed by atoms with Crippen LogP contribution in [0.3, 0.4) is 0 Å². The summed E-state index contributed by atoms with van der Waals surface area (Å²) in [5.41, 5.74) is 7.95. The summed E-state index contributed by atoms with van der Waals surface area (Å²) < 4.78 is 1.54. The second kappa shape index (κ2) is 7.75. The summed E-state index contributed by atoms with van der Waals surface area (Å²) in [5, 5.41) is 2.70. The van der Waals surface area contributed by atoms with E-state index in [2.05, 4.69) is 37.2 Å². The van der Waals surface area contributed by atoms with Crippen LogP contribution in [0, 0.1) is 6.92 Å². The number of carbonyl (C=O) groups is 2. The number of amides is 2. The molecule has 0 aliphatic heterocycles. The molecule has 0 aromatic heterocycles. The van der Waals surface area contributed by atoms with Crippen molar-refractivity contribution in [3.05, 3.63) is 68.1 Å². The Morgan fingerprint density at radius 2 is 1.65 bits per heavy atom. The highest BCUT2D eigenvalue weighted by Gasteiger charge is 2.20. The summed E-state index contributed by atoms with van der Waals surface area (Å²) in [6.07, 6.45) is 0.358. The van der Waals surface area contributed by atoms with Gasteiger partial charge in [0.2, 0.25) is 5.91 Å². The van der Waals surface area contributed by atoms with Crippen LogP contribution in [0.2, 0.25) is 0 Å². The van der Waals surface area contributed by atoms with Gasteiger partial charge >= 0.3 is 0 Å². The number of nitrogens with two attached hydrogens (primary N) is 1. The van der Waals surface area contributed by atoms with Crippen molar-refractivity contribution in [3.63, 3.8) is 0 Å². The second-order valence-electron chi connectivity index (χ2n) is 5.28. The monoisotopic (exact) mass is 438 g/mol. The van der Waals surface area contributed by atoms with Gasteiger partial charge in [-0.15, -0.1) is 0 Å². The number of halogens is 2. The van der Waals surface area contributed by atoms with Crippen molar-refractivity contribution in [2.75, 3.05) is 0 Å². The van der Waals surface area contributed by atoms with E-state index in [1.165, 1.54) is 0 Å². The number of carbonyl (C=O) groups excluding carboxylic acids is 2. The minimum Gasteiger partial charge on any atom is -0.368 e. The van der Waals surface area contributed by atoms with Gasteiger partial charge < -0.3 is 11.1 Å². The Morgan fingerprint density at radius 1 is 1.09 bits per heavy atom. The Hall–Kier alpha value is -1.66. The highest BCUT2D eigenvalue weighted by molar-refractivity contribution is 9.11. The fourth-order valence-electron chi connectivity index (χ4n) is 2.11. The lowest BCUT2D eigenvalue weighted by molar-refractivity contribution is -0.119. The van der Waals surface area contributed by atoms with E-state index in [1.54, 1.807) is 12.1 Å². The molecule has 2 amide bonds. The molecule has 0 unspecified atom stereocenters. The molecule has 23 heavy (non-hydrogen) atoms. The van der Waals surface area contributed by atoms with Gasteiger partial charge in [0.25, 0.3) is 5.91 Å². The molecule has 0 bridgehead atoms. The summed E-state index contributed by atoms with van der Waals surface area (Å²) in [6.45, 7) is 1.99. The van der Waals surface area contributed by atoms with Gasteiger partial charge in [-0.25, -0.2) is 0 Å². The molecule has 0 heterocycles. The third-order valence-corrected chi connectivity index (χ3v) is 4.25. The summed E-state index contributed by atoms with van der Waals surface area (Å²) in [5.74, 6) is -0.907. The van der Waals surface area contributed by atoms with Crippen LogP contribution in [0.1, 0.15) is 21.5 Å². The molecule has 2 rings (SSSR count). The van der Waals surface area contributed by atoms with Gasteiger partial charge in [0.15, 0.2) is 0 Å². The smallest absolute Gasteiger partial charge is 0.252 e. The van der Waals surface area contributed by atoms with Crippen molar-refractivity contribution in [2.45, 2.75) is 19.4 Å². The first-order chi connectivity index (χ1) is 10.8. The molecule has 0 aliphatic carbocycles. The van der Waals surface area contributed by atoms with Crippen molar-refractivity contribution in [1.82, 2.24) is 5.32 Å². The summed E-state index contributed by atoms with van der Waals surface area (Å²) in [4.78, 5) is 24.0. The zero-order valence-corrected chi connectivity index (χ0v) is 15.6. The van der Waals surface area contributed by atoms with E-state index >= 15 is 0 Å². The minimum absolute atomic E-state index is 0.345. The average molecular weight is 440 g/mol. The number of aryl methyl sites for hydroxylation is 1. The standard InChI is InChI=1S/C17H16Br2N2O2/c1-10-2-4-11(5-3-10)6-15(16(20)22)21-17(23)12-7-13(18)9-14(19)8-12/h2-5,7-9,15H,6H2,1H3,(H2,20,22)(H,21,23)/t15-/m0/s1. The highest BCUT2D eigenvalue weighted by Crippen LogP contribution is 2.20. The number of rotatable bonds is 5. The van der Waals surface area contributed by atoms with E-state index in [4.69, 9.17) is 5.73 Å². The Kier molecular flexibility index (Phi) is 5.96. The first kappa shape index (κ1) is 17.7. The average Bonchev–Trinajstić information content (AvgIpc) is 2.47. The van der Waals surface area contributed by atoms with E-state index in [0.29, 0.717) is 12.0 Å². The molecule has 0 saturated carbocycles. The SMILES string of the molecule is Cc1ccc(C[C@H](NC(=O)c2cc(Br)cc(Br)c2)C(N)=O)cc1. The molecule has 0 saturated heterocycles. The van der Waals surface area contributed by atoms with Gasteiger partial charge in [-0.2, -0.15) is 0 Å². The molecule has 0 spiro atoms. The van der Waals surface area contributed by atoms with Crippen LogP contribution in [-0.4, -0.2) is 17.9 Å². The fourth-order valence-corrected chi connectivity index (χ4v) is 3.40. The Labute approximate surface area is 151 Å². The van der Waals surface area contributed by atoms with Gasteiger partial charge in [0.05, 0.1) is 0 Å². The van der Waals surface area contributed by atoms with Crippen LogP contribution >= 0.6 is 31.9 Å². The van der Waals surface area contributed by atoms with Gasteiger partial charge in [0.1, 0.15) is 6.04 Å². The summed E-state index contributed by atoms with van der Waals surface area (Å²) in [6, 6.07) is 12.2. The third-order valence-electron chi connectivity index (χ3n) is 3.33. The second-order valence-corrected chi connectivity index (χ2v) is 7.11. The van der Waals surface area contributed by atoms with Gasteiger partial charge in [-0.05, 0) is 30.7 Å². The molecule has 120 valence electrons. The predicted molar refractivity (Wildman–Crippen MR) is 97.2 cm³/mol. The van der Waals surface area contributed by atoms with Gasteiger partial charge in [-0.1, -0.05) is 61.7 Å². The van der Waals surface area contributed by atoms with Crippen LogP contribution in [0.4, 0.5) is 0 Å². The number of nitrogens with one attached hydrogen (secondary N) is 1. The molecule has 4 nitrogen and oxygen atoms in total. The number of hydrogen-bond donors (Lipinski definition) is 2. The molecule has 2 aromatic rings. The lowest BCUT2D eigenvalue weighted by Crippen LogP contribution is -2.45. The minimum atomic E-state index is -0.761. The first-order valence-corrected chi connectivity index (χ1v) is 8.55. The number of primary amides is 1. The van der Waals surface area contributed by atoms with Crippen molar-refractivity contribution >= 4 is 43.7 Å². The Bertz CT molecular complexity index is 710. The van der Waals surface area contributed by atoms with Crippen molar-refractivity contribution in [3.8, 4) is 0 Å². The van der Waals surface area contributed by atoms with E-state index in [-0.39, 0.29) is 5.91 Å². The predicted octanol–water partition coefficient (Wildman–Crippen LogP) is 3.35. The first-order valence-electron chi connectivity index (χ1n) is 6.97. The zero-order chi connectivity index (χ0) is 17.0. The molecule has 3 N–H and O–H groups in total. The topological polar surface area (TPSA) is 72.2 Å². The van der Waals surface area contributed by atoms with Crippen molar-refractivity contribution in [1.29, 1.82) is 0 Å². The maximum Gasteiger partial charge on any atom is 0.252 e. The van der Waals surface area contributed by atoms with Crippen LogP contribution < -0.4 is 11.1 Å². The van der Waals surface area contributed by atoms with Crippen molar-refractivity contribution in [2.24, 2.45) is 5.73 Å². The lowest BCUT2D eigenvalue weighted by Gasteiger charge is -2.16. The maximum atomic E-state index is 12.3. The molecular formula is C17H16Br2N2O2. The fraction of sp³-hybridized carbons (Fsp3) is 0.176. The number of benzene rings is 2. The molecule has 1 atom stereocenters.